The Kier molecular flexibility index (Phi) is 4.87. The molecule has 0 aliphatic rings. The van der Waals surface area contributed by atoms with Crippen molar-refractivity contribution >= 4 is 22.8 Å². The second kappa shape index (κ2) is 6.83. The highest BCUT2D eigenvalue weighted by Crippen LogP contribution is 2.14. The molecule has 2 aromatic rings. The van der Waals surface area contributed by atoms with Crippen molar-refractivity contribution in [3.8, 4) is 0 Å². The van der Waals surface area contributed by atoms with Gasteiger partial charge < -0.3 is 10.4 Å². The molecule has 0 aliphatic heterocycles. The van der Waals surface area contributed by atoms with E-state index in [2.05, 4.69) is 10.3 Å². The van der Waals surface area contributed by atoms with Crippen molar-refractivity contribution in [1.29, 1.82) is 0 Å². The number of amides is 1. The predicted molar refractivity (Wildman–Crippen MR) is 79.9 cm³/mol. The summed E-state index contributed by atoms with van der Waals surface area (Å²) in [6, 6.07) is 11.5. The third-order valence-electron chi connectivity index (χ3n) is 3.23. The number of aliphatic carboxylic acids is 1. The number of carbonyl (C=O) groups excluding carboxylic acids is 1. The number of aromatic nitrogens is 1. The zero-order valence-corrected chi connectivity index (χ0v) is 11.9. The third-order valence-corrected chi connectivity index (χ3v) is 3.23. The van der Waals surface area contributed by atoms with E-state index in [-0.39, 0.29) is 18.4 Å². The van der Waals surface area contributed by atoms with Crippen LogP contribution in [0.15, 0.2) is 36.4 Å². The molecule has 0 spiro atoms. The zero-order chi connectivity index (χ0) is 15.2. The van der Waals surface area contributed by atoms with Crippen LogP contribution in [0.4, 0.5) is 0 Å². The van der Waals surface area contributed by atoms with Crippen molar-refractivity contribution in [1.82, 2.24) is 10.3 Å². The summed E-state index contributed by atoms with van der Waals surface area (Å²) in [6.45, 7) is 1.43. The summed E-state index contributed by atoms with van der Waals surface area (Å²) >= 11 is 0. The molecule has 21 heavy (non-hydrogen) atoms. The predicted octanol–water partition coefficient (Wildman–Crippen LogP) is 2.15. The van der Waals surface area contributed by atoms with Crippen LogP contribution in [0.2, 0.25) is 0 Å². The van der Waals surface area contributed by atoms with Gasteiger partial charge in [-0.1, -0.05) is 24.3 Å². The monoisotopic (exact) mass is 286 g/mol. The first-order chi connectivity index (χ1) is 10.0. The van der Waals surface area contributed by atoms with Gasteiger partial charge in [0.2, 0.25) is 5.91 Å². The fourth-order valence-electron chi connectivity index (χ4n) is 2.28. The summed E-state index contributed by atoms with van der Waals surface area (Å²) in [5, 5.41) is 12.6. The van der Waals surface area contributed by atoms with Crippen LogP contribution in [0.25, 0.3) is 10.9 Å². The van der Waals surface area contributed by atoms with Crippen LogP contribution in [-0.2, 0) is 16.0 Å². The maximum absolute atomic E-state index is 11.2. The summed E-state index contributed by atoms with van der Waals surface area (Å²) in [6.07, 6.45) is 0.944. The lowest BCUT2D eigenvalue weighted by molar-refractivity contribution is -0.137. The first-order valence-corrected chi connectivity index (χ1v) is 6.88. The van der Waals surface area contributed by atoms with Crippen LogP contribution in [-0.4, -0.2) is 28.0 Å². The first-order valence-electron chi connectivity index (χ1n) is 6.88. The number of rotatable bonds is 6. The number of nitrogens with one attached hydrogen (secondary N) is 1. The number of hydrogen-bond donors (Lipinski definition) is 2. The molecular formula is C16H18N2O3. The smallest absolute Gasteiger partial charge is 0.303 e. The number of benzene rings is 1. The van der Waals surface area contributed by atoms with Crippen LogP contribution in [0.5, 0.6) is 0 Å². The largest absolute Gasteiger partial charge is 0.481 e. The Morgan fingerprint density at radius 2 is 2.00 bits per heavy atom. The van der Waals surface area contributed by atoms with Crippen LogP contribution >= 0.6 is 0 Å². The lowest BCUT2D eigenvalue weighted by Crippen LogP contribution is -2.35. The normalized spacial score (nSPS) is 12.0. The van der Waals surface area contributed by atoms with E-state index in [1.165, 1.54) is 6.92 Å². The van der Waals surface area contributed by atoms with Crippen molar-refractivity contribution in [2.75, 3.05) is 0 Å². The van der Waals surface area contributed by atoms with Crippen molar-refractivity contribution < 1.29 is 14.7 Å². The zero-order valence-electron chi connectivity index (χ0n) is 11.9. The average molecular weight is 286 g/mol. The molecule has 1 heterocycles. The fraction of sp³-hybridized carbons (Fsp3) is 0.312. The molecule has 110 valence electrons. The van der Waals surface area contributed by atoms with Crippen LogP contribution < -0.4 is 5.32 Å². The first kappa shape index (κ1) is 15.0. The highest BCUT2D eigenvalue weighted by atomic mass is 16.4. The van der Waals surface area contributed by atoms with Crippen molar-refractivity contribution in [3.63, 3.8) is 0 Å². The number of carbonyl (C=O) groups is 2. The molecule has 0 radical (unpaired) electrons. The van der Waals surface area contributed by atoms with Crippen LogP contribution in [0.1, 0.15) is 25.5 Å². The number of carboxylic acid groups (broad SMARTS) is 1. The highest BCUT2D eigenvalue weighted by Gasteiger charge is 2.14. The molecule has 5 heteroatoms. The minimum absolute atomic E-state index is 0.0263. The Morgan fingerprint density at radius 3 is 2.71 bits per heavy atom. The van der Waals surface area contributed by atoms with Gasteiger partial charge in [-0.05, 0) is 18.6 Å². The van der Waals surface area contributed by atoms with Crippen molar-refractivity contribution in [3.05, 3.63) is 42.1 Å². The van der Waals surface area contributed by atoms with Crippen molar-refractivity contribution in [2.45, 2.75) is 32.2 Å². The number of fused-ring (bicyclic) bond motifs is 1. The molecule has 0 bridgehead atoms. The lowest BCUT2D eigenvalue weighted by atomic mass is 10.0. The Hall–Kier alpha value is -2.43. The summed E-state index contributed by atoms with van der Waals surface area (Å²) in [7, 11) is 0. The quantitative estimate of drug-likeness (QED) is 0.852. The van der Waals surface area contributed by atoms with E-state index in [4.69, 9.17) is 5.11 Å². The molecule has 1 atom stereocenters. The summed E-state index contributed by atoms with van der Waals surface area (Å²) in [5.41, 5.74) is 1.74. The fourth-order valence-corrected chi connectivity index (χ4v) is 2.28. The van der Waals surface area contributed by atoms with Gasteiger partial charge in [-0.15, -0.1) is 0 Å². The molecule has 1 unspecified atom stereocenters. The second-order valence-electron chi connectivity index (χ2n) is 5.03. The van der Waals surface area contributed by atoms with E-state index < -0.39 is 5.97 Å². The lowest BCUT2D eigenvalue weighted by Gasteiger charge is -2.16. The second-order valence-corrected chi connectivity index (χ2v) is 5.03. The van der Waals surface area contributed by atoms with Crippen molar-refractivity contribution in [2.24, 2.45) is 0 Å². The van der Waals surface area contributed by atoms with Crippen LogP contribution in [0, 0.1) is 0 Å². The molecular weight excluding hydrogens is 268 g/mol. The van der Waals surface area contributed by atoms with E-state index >= 15 is 0 Å². The van der Waals surface area contributed by atoms with Gasteiger partial charge in [-0.25, -0.2) is 0 Å². The summed E-state index contributed by atoms with van der Waals surface area (Å²) in [5.74, 6) is -1.02. The molecule has 1 aromatic heterocycles. The molecule has 0 saturated heterocycles. The number of hydrogen-bond acceptors (Lipinski definition) is 3. The topological polar surface area (TPSA) is 79.3 Å². The number of pyridine rings is 1. The van der Waals surface area contributed by atoms with Gasteiger partial charge in [0.15, 0.2) is 0 Å². The Morgan fingerprint density at radius 1 is 1.24 bits per heavy atom. The highest BCUT2D eigenvalue weighted by molar-refractivity contribution is 5.78. The molecule has 0 saturated carbocycles. The Balaban J connectivity index is 2.12. The molecule has 5 nitrogen and oxygen atoms in total. The van der Waals surface area contributed by atoms with Gasteiger partial charge >= 0.3 is 5.97 Å². The van der Waals surface area contributed by atoms with Gasteiger partial charge in [-0.2, -0.15) is 0 Å². The van der Waals surface area contributed by atoms with Gasteiger partial charge in [0.1, 0.15) is 0 Å². The minimum Gasteiger partial charge on any atom is -0.481 e. The summed E-state index contributed by atoms with van der Waals surface area (Å²) in [4.78, 5) is 26.5. The third kappa shape index (κ3) is 4.56. The van der Waals surface area contributed by atoms with Gasteiger partial charge in [-0.3, -0.25) is 14.6 Å². The van der Waals surface area contributed by atoms with E-state index in [1.807, 2.05) is 36.4 Å². The van der Waals surface area contributed by atoms with Crippen LogP contribution in [0.3, 0.4) is 0 Å². The van der Waals surface area contributed by atoms with E-state index in [9.17, 15) is 9.59 Å². The Labute approximate surface area is 123 Å². The number of carboxylic acids is 1. The molecule has 2 rings (SSSR count). The molecule has 1 amide bonds. The summed E-state index contributed by atoms with van der Waals surface area (Å²) < 4.78 is 0. The minimum atomic E-state index is -0.864. The van der Waals surface area contributed by atoms with Gasteiger partial charge in [0.25, 0.3) is 0 Å². The maximum atomic E-state index is 11.2. The molecule has 2 N–H and O–H groups in total. The molecule has 0 aliphatic carbocycles. The average Bonchev–Trinajstić information content (AvgIpc) is 2.44. The number of nitrogens with zero attached hydrogens (tertiary/aromatic N) is 1. The SMILES string of the molecule is CC(=O)NC(CCC(=O)O)Cc1ccc2ccccc2n1. The molecule has 1 aromatic carbocycles. The van der Waals surface area contributed by atoms with E-state index in [1.54, 1.807) is 0 Å². The van der Waals surface area contributed by atoms with Gasteiger partial charge in [0, 0.05) is 36.9 Å². The number of para-hydroxylation sites is 1. The molecule has 0 fully saturated rings. The van der Waals surface area contributed by atoms with E-state index in [0.717, 1.165) is 16.6 Å². The standard InChI is InChI=1S/C16H18N2O3/c1-11(19)17-13(8-9-16(20)21)10-14-7-6-12-4-2-3-5-15(12)18-14/h2-7,13H,8-10H2,1H3,(H,17,19)(H,20,21). The Bertz CT molecular complexity index is 655. The maximum Gasteiger partial charge on any atom is 0.303 e. The van der Waals surface area contributed by atoms with Gasteiger partial charge in [0.05, 0.1) is 5.52 Å². The van der Waals surface area contributed by atoms with E-state index in [0.29, 0.717) is 12.8 Å².